The van der Waals surface area contributed by atoms with E-state index < -0.39 is 0 Å². The number of fused-ring (bicyclic) bond motifs is 8. The van der Waals surface area contributed by atoms with Gasteiger partial charge in [-0.2, -0.15) is 0 Å². The molecule has 0 radical (unpaired) electrons. The third kappa shape index (κ3) is 9.33. The molecule has 320 valence electrons. The molecular formula is C52H66N2O2S4. The van der Waals surface area contributed by atoms with Crippen molar-refractivity contribution in [2.24, 2.45) is 11.8 Å². The van der Waals surface area contributed by atoms with Crippen molar-refractivity contribution in [1.29, 1.82) is 0 Å². The first-order valence-corrected chi connectivity index (χ1v) is 27.0. The van der Waals surface area contributed by atoms with E-state index in [-0.39, 0.29) is 11.8 Å². The van der Waals surface area contributed by atoms with E-state index in [2.05, 4.69) is 79.8 Å². The maximum atomic E-state index is 15.2. The lowest BCUT2D eigenvalue weighted by molar-refractivity contribution is -0.114. The summed E-state index contributed by atoms with van der Waals surface area (Å²) < 4.78 is 7.56. The first-order valence-electron chi connectivity index (χ1n) is 23.6. The van der Waals surface area contributed by atoms with Gasteiger partial charge in [0.15, 0.2) is 0 Å². The molecule has 2 amide bonds. The first-order chi connectivity index (χ1) is 29.4. The van der Waals surface area contributed by atoms with Gasteiger partial charge < -0.3 is 9.80 Å². The predicted molar refractivity (Wildman–Crippen MR) is 268 cm³/mol. The van der Waals surface area contributed by atoms with Crippen molar-refractivity contribution >= 4 is 119 Å². The maximum Gasteiger partial charge on any atom is 0.259 e. The van der Waals surface area contributed by atoms with Gasteiger partial charge in [0.2, 0.25) is 0 Å². The molecule has 1 atom stereocenters. The summed E-state index contributed by atoms with van der Waals surface area (Å²) >= 11 is 7.17. The summed E-state index contributed by atoms with van der Waals surface area (Å²) in [6, 6.07) is 13.5. The lowest BCUT2D eigenvalue weighted by Crippen LogP contribution is -2.30. The third-order valence-corrected chi connectivity index (χ3v) is 17.6. The average molecular weight is 879 g/mol. The van der Waals surface area contributed by atoms with Gasteiger partial charge in [-0.25, -0.2) is 0 Å². The van der Waals surface area contributed by atoms with E-state index in [9.17, 15) is 4.79 Å². The van der Waals surface area contributed by atoms with Crippen LogP contribution in [0.1, 0.15) is 167 Å². The highest BCUT2D eigenvalue weighted by molar-refractivity contribution is 7.32. The number of hydrogen-bond acceptors (Lipinski definition) is 6. The summed E-state index contributed by atoms with van der Waals surface area (Å²) in [6.45, 7) is 10.4. The molecule has 4 aromatic heterocycles. The Hall–Kier alpha value is -3.04. The fourth-order valence-electron chi connectivity index (χ4n) is 9.95. The van der Waals surface area contributed by atoms with E-state index in [1.807, 2.05) is 4.90 Å². The Morgan fingerprint density at radius 3 is 1.37 bits per heavy atom. The van der Waals surface area contributed by atoms with E-state index in [0.717, 1.165) is 48.2 Å². The Balaban J connectivity index is 1.09. The van der Waals surface area contributed by atoms with E-state index in [0.29, 0.717) is 36.1 Å². The number of rotatable bonds is 24. The molecule has 0 aliphatic carbocycles. The van der Waals surface area contributed by atoms with Crippen LogP contribution in [0.5, 0.6) is 0 Å². The molecule has 0 saturated heterocycles. The van der Waals surface area contributed by atoms with Crippen LogP contribution < -0.4 is 9.80 Å². The number of benzene rings is 2. The quantitative estimate of drug-likeness (QED) is 0.0449. The molecule has 60 heavy (non-hydrogen) atoms. The van der Waals surface area contributed by atoms with Crippen molar-refractivity contribution in [3.05, 3.63) is 58.3 Å². The molecule has 4 nitrogen and oxygen atoms in total. The van der Waals surface area contributed by atoms with Crippen LogP contribution in [0.4, 0.5) is 11.4 Å². The minimum atomic E-state index is -0.0124. The number of anilines is 2. The first kappa shape index (κ1) is 43.6. The molecule has 2 aliphatic heterocycles. The monoisotopic (exact) mass is 878 g/mol. The SMILES string of the molecule is CCCCCCCCCCC(CCCCCCCC)CCCN1C(=O)/C(=C2/C(=O)N(CCCC(C)C)c3cc4c(cc32)sc2ccsc24)c2cc3sc4ccsc4c3cc21. The molecule has 0 fully saturated rings. The zero-order chi connectivity index (χ0) is 41.6. The fourth-order valence-corrected chi connectivity index (χ4v) is 14.5. The van der Waals surface area contributed by atoms with Gasteiger partial charge in [-0.15, -0.1) is 45.3 Å². The summed E-state index contributed by atoms with van der Waals surface area (Å²) in [5.41, 5.74) is 5.05. The Labute approximate surface area is 375 Å². The summed E-state index contributed by atoms with van der Waals surface area (Å²) in [7, 11) is 0. The van der Waals surface area contributed by atoms with E-state index in [1.54, 1.807) is 45.3 Å². The van der Waals surface area contributed by atoms with Crippen LogP contribution in [0, 0.1) is 11.8 Å². The van der Waals surface area contributed by atoms with E-state index in [1.165, 1.54) is 142 Å². The molecule has 0 spiro atoms. The van der Waals surface area contributed by atoms with Crippen LogP contribution in [0.3, 0.4) is 0 Å². The molecule has 6 aromatic rings. The molecule has 2 aliphatic rings. The van der Waals surface area contributed by atoms with Crippen molar-refractivity contribution in [3.63, 3.8) is 0 Å². The summed E-state index contributed by atoms with van der Waals surface area (Å²) in [6.07, 6.45) is 25.7. The summed E-state index contributed by atoms with van der Waals surface area (Å²) in [5.74, 6) is 1.27. The van der Waals surface area contributed by atoms with Gasteiger partial charge in [0.1, 0.15) is 0 Å². The molecule has 8 heteroatoms. The summed E-state index contributed by atoms with van der Waals surface area (Å²) in [5, 5.41) is 6.80. The van der Waals surface area contributed by atoms with Gasteiger partial charge in [0.25, 0.3) is 11.8 Å². The molecule has 1 unspecified atom stereocenters. The highest BCUT2D eigenvalue weighted by Gasteiger charge is 2.43. The topological polar surface area (TPSA) is 40.6 Å². The molecule has 0 N–H and O–H groups in total. The highest BCUT2D eigenvalue weighted by Crippen LogP contribution is 2.52. The largest absolute Gasteiger partial charge is 0.308 e. The Morgan fingerprint density at radius 1 is 0.500 bits per heavy atom. The second-order valence-electron chi connectivity index (χ2n) is 18.2. The zero-order valence-electron chi connectivity index (χ0n) is 36.7. The molecule has 0 bridgehead atoms. The van der Waals surface area contributed by atoms with Gasteiger partial charge in [0.05, 0.1) is 31.9 Å². The van der Waals surface area contributed by atoms with Crippen molar-refractivity contribution < 1.29 is 9.59 Å². The Bertz CT molecular complexity index is 2440. The average Bonchev–Trinajstić information content (AvgIpc) is 4.08. The van der Waals surface area contributed by atoms with Crippen LogP contribution in [0.15, 0.2) is 47.2 Å². The second-order valence-corrected chi connectivity index (χ2v) is 22.2. The van der Waals surface area contributed by atoms with Crippen molar-refractivity contribution in [3.8, 4) is 0 Å². The number of unbranched alkanes of at least 4 members (excludes halogenated alkanes) is 12. The van der Waals surface area contributed by atoms with Crippen LogP contribution in [0.25, 0.3) is 50.1 Å². The number of nitrogens with zero attached hydrogens (tertiary/aromatic N) is 2. The fraction of sp³-hybridized carbons (Fsp3) is 0.538. The smallest absolute Gasteiger partial charge is 0.259 e. The normalized spacial score (nSPS) is 16.0. The van der Waals surface area contributed by atoms with Crippen LogP contribution in [0.2, 0.25) is 0 Å². The van der Waals surface area contributed by atoms with Crippen LogP contribution in [-0.2, 0) is 9.59 Å². The van der Waals surface area contributed by atoms with Gasteiger partial charge in [-0.05, 0) is 84.7 Å². The van der Waals surface area contributed by atoms with Gasteiger partial charge in [0, 0.05) is 53.8 Å². The Morgan fingerprint density at radius 2 is 0.917 bits per heavy atom. The van der Waals surface area contributed by atoms with Gasteiger partial charge >= 0.3 is 0 Å². The van der Waals surface area contributed by atoms with Gasteiger partial charge in [-0.3, -0.25) is 9.59 Å². The number of carbonyl (C=O) groups excluding carboxylic acids is 2. The van der Waals surface area contributed by atoms with E-state index in [4.69, 9.17) is 0 Å². The molecule has 0 saturated carbocycles. The standard InChI is InChI=1S/C52H66N2O2S4/c1-5-7-9-11-13-14-16-18-23-36(22-17-15-12-10-8-6-2)24-20-28-54-42-32-40-46(60-44-26-30-58-50(40)44)34-38(42)48(52(54)56)47-37-33-45-39(49-43(59-45)25-29-57-49)31-41(37)53(51(47)55)27-19-21-35(3)4/h25-26,29-36H,5-24,27-28H2,1-4H3/b48-47+. The van der Waals surface area contributed by atoms with Crippen molar-refractivity contribution in [1.82, 2.24) is 0 Å². The minimum absolute atomic E-state index is 0.00575. The lowest BCUT2D eigenvalue weighted by atomic mass is 9.90. The number of carbonyl (C=O) groups is 2. The van der Waals surface area contributed by atoms with Gasteiger partial charge in [-0.1, -0.05) is 130 Å². The molecule has 2 aromatic carbocycles. The zero-order valence-corrected chi connectivity index (χ0v) is 39.9. The van der Waals surface area contributed by atoms with Crippen molar-refractivity contribution in [2.45, 2.75) is 156 Å². The van der Waals surface area contributed by atoms with E-state index >= 15 is 4.79 Å². The maximum absolute atomic E-state index is 15.2. The Kier molecular flexibility index (Phi) is 14.8. The predicted octanol–water partition coefficient (Wildman–Crippen LogP) is 17.3. The second kappa shape index (κ2) is 20.4. The number of amides is 2. The van der Waals surface area contributed by atoms with Crippen molar-refractivity contribution in [2.75, 3.05) is 22.9 Å². The minimum Gasteiger partial charge on any atom is -0.308 e. The molecular weight excluding hydrogens is 813 g/mol. The van der Waals surface area contributed by atoms with Crippen LogP contribution in [-0.4, -0.2) is 24.9 Å². The highest BCUT2D eigenvalue weighted by atomic mass is 32.1. The molecule has 6 heterocycles. The molecule has 8 rings (SSSR count). The number of hydrogen-bond donors (Lipinski definition) is 0. The number of thiophene rings is 4. The summed E-state index contributed by atoms with van der Waals surface area (Å²) in [4.78, 5) is 34.3. The third-order valence-electron chi connectivity index (χ3n) is 13.3. The lowest BCUT2D eigenvalue weighted by Gasteiger charge is -2.21. The van der Waals surface area contributed by atoms with Crippen LogP contribution >= 0.6 is 45.3 Å².